The second kappa shape index (κ2) is 17.9. The summed E-state index contributed by atoms with van der Waals surface area (Å²) in [6.07, 6.45) is 5.16. The Morgan fingerprint density at radius 3 is 2.20 bits per heavy atom. The van der Waals surface area contributed by atoms with E-state index < -0.39 is 37.8 Å². The van der Waals surface area contributed by atoms with Crippen molar-refractivity contribution in [3.63, 3.8) is 0 Å². The molecule has 0 aliphatic carbocycles. The number of carbonyl (C=O) groups excluding carboxylic acids is 3. The molecule has 0 radical (unpaired) electrons. The Bertz CT molecular complexity index is 1230. The summed E-state index contributed by atoms with van der Waals surface area (Å²) in [5.74, 6) is -1.61. The van der Waals surface area contributed by atoms with E-state index >= 15 is 0 Å². The van der Waals surface area contributed by atoms with Crippen LogP contribution in [-0.4, -0.2) is 61.6 Å². The van der Waals surface area contributed by atoms with Gasteiger partial charge in [-0.05, 0) is 75.7 Å². The lowest BCUT2D eigenvalue weighted by Crippen LogP contribution is -2.52. The van der Waals surface area contributed by atoms with Crippen LogP contribution in [0.5, 0.6) is 0 Å². The molecule has 0 saturated heterocycles. The van der Waals surface area contributed by atoms with Crippen molar-refractivity contribution in [2.75, 3.05) is 7.11 Å². The third-order valence-corrected chi connectivity index (χ3v) is 14.8. The van der Waals surface area contributed by atoms with Crippen LogP contribution in [0.1, 0.15) is 112 Å². The first-order valence-corrected chi connectivity index (χ1v) is 20.2. The molecule has 0 aliphatic heterocycles. The van der Waals surface area contributed by atoms with Gasteiger partial charge in [0.25, 0.3) is 0 Å². The van der Waals surface area contributed by atoms with Gasteiger partial charge < -0.3 is 19.0 Å². The fraction of sp³-hybridized carbons (Fsp3) is 0.722. The Hall–Kier alpha value is -2.14. The third kappa shape index (κ3) is 12.8. The van der Waals surface area contributed by atoms with E-state index in [2.05, 4.69) is 51.8 Å². The largest absolute Gasteiger partial charge is 0.469 e. The number of ketones is 1. The number of rotatable bonds is 18. The SMILES string of the molecule is COC(=O)C[C@H](O[Si](C)(C)C(C)(C)C)C(C)(C)C(=O)C(C)C(O)C(C)CCC/C(C)=C\CC(OC(C)=O)/C(C)=C/c1csc(C)n1. The second-order valence-corrected chi connectivity index (χ2v) is 20.8. The number of carbonyl (C=O) groups is 3. The second-order valence-electron chi connectivity index (χ2n) is 14.9. The summed E-state index contributed by atoms with van der Waals surface area (Å²) in [4.78, 5) is 42.5. The number of aliphatic hydroxyl groups excluding tert-OH is 1. The Morgan fingerprint density at radius 1 is 1.09 bits per heavy atom. The maximum Gasteiger partial charge on any atom is 0.308 e. The molecule has 4 unspecified atom stereocenters. The van der Waals surface area contributed by atoms with Crippen LogP contribution in [0.15, 0.2) is 22.6 Å². The normalized spacial score (nSPS) is 16.8. The van der Waals surface area contributed by atoms with Gasteiger partial charge in [0.2, 0.25) is 0 Å². The topological polar surface area (TPSA) is 112 Å². The summed E-state index contributed by atoms with van der Waals surface area (Å²) >= 11 is 1.58. The van der Waals surface area contributed by atoms with Gasteiger partial charge in [-0.3, -0.25) is 14.4 Å². The highest BCUT2D eigenvalue weighted by atomic mass is 32.1. The van der Waals surface area contributed by atoms with Crippen LogP contribution in [0.4, 0.5) is 0 Å². The first-order chi connectivity index (χ1) is 21.0. The van der Waals surface area contributed by atoms with E-state index in [1.807, 2.05) is 46.1 Å². The number of esters is 2. The smallest absolute Gasteiger partial charge is 0.308 e. The van der Waals surface area contributed by atoms with Gasteiger partial charge in [-0.25, -0.2) is 4.98 Å². The Balaban J connectivity index is 2.89. The average Bonchev–Trinajstić information content (AvgIpc) is 3.36. The van der Waals surface area contributed by atoms with Gasteiger partial charge in [0.1, 0.15) is 11.9 Å². The van der Waals surface area contributed by atoms with E-state index in [1.54, 1.807) is 18.3 Å². The van der Waals surface area contributed by atoms with E-state index in [-0.39, 0.29) is 35.2 Å². The number of allylic oxidation sites excluding steroid dienone is 1. The number of nitrogens with zero attached hydrogens (tertiary/aromatic N) is 1. The van der Waals surface area contributed by atoms with Crippen LogP contribution in [0, 0.1) is 24.2 Å². The van der Waals surface area contributed by atoms with Crippen molar-refractivity contribution < 1.29 is 33.4 Å². The van der Waals surface area contributed by atoms with Gasteiger partial charge in [0.05, 0.1) is 36.4 Å². The van der Waals surface area contributed by atoms with Gasteiger partial charge in [-0.2, -0.15) is 0 Å². The van der Waals surface area contributed by atoms with E-state index in [9.17, 15) is 19.5 Å². The molecule has 8 nitrogen and oxygen atoms in total. The highest BCUT2D eigenvalue weighted by molar-refractivity contribution is 7.09. The lowest BCUT2D eigenvalue weighted by atomic mass is 9.73. The van der Waals surface area contributed by atoms with Gasteiger partial charge in [0, 0.05) is 30.1 Å². The monoisotopic (exact) mass is 679 g/mol. The summed E-state index contributed by atoms with van der Waals surface area (Å²) in [7, 11) is -0.979. The summed E-state index contributed by atoms with van der Waals surface area (Å²) in [5.41, 5.74) is 1.97. The van der Waals surface area contributed by atoms with Crippen molar-refractivity contribution in [2.24, 2.45) is 17.3 Å². The zero-order valence-electron chi connectivity index (χ0n) is 30.9. The standard InChI is InChI=1S/C36H61NO7SSi/c1-23(18-19-30(43-28(6)38)25(3)20-29-22-45-27(5)37-29)16-15-17-24(2)33(40)26(4)34(41)36(10,11)31(21-32(39)42-12)44-46(13,14)35(7,8)9/h18,20,22,24,26,30-31,33,40H,15-17,19,21H2,1-14H3/b23-18-,25-20+/t24?,26?,30?,31-,33?/m0/s1. The molecule has 0 bridgehead atoms. The quantitative estimate of drug-likeness (QED) is 0.0934. The third-order valence-electron chi connectivity index (χ3n) is 9.51. The molecule has 0 spiro atoms. The van der Waals surface area contributed by atoms with Gasteiger partial charge in [-0.15, -0.1) is 11.3 Å². The summed E-state index contributed by atoms with van der Waals surface area (Å²) < 4.78 is 17.2. The molecule has 1 rings (SSSR count). The molecule has 1 aromatic heterocycles. The minimum Gasteiger partial charge on any atom is -0.469 e. The van der Waals surface area contributed by atoms with Crippen molar-refractivity contribution >= 4 is 43.5 Å². The van der Waals surface area contributed by atoms with Gasteiger partial charge in [-0.1, -0.05) is 60.1 Å². The molecule has 1 aromatic rings. The lowest BCUT2D eigenvalue weighted by Gasteiger charge is -2.44. The molecule has 10 heteroatoms. The molecule has 5 atom stereocenters. The highest BCUT2D eigenvalue weighted by Crippen LogP contribution is 2.42. The first kappa shape index (κ1) is 41.9. The van der Waals surface area contributed by atoms with E-state index in [0.29, 0.717) is 6.42 Å². The number of aryl methyl sites for hydroxylation is 1. The summed E-state index contributed by atoms with van der Waals surface area (Å²) in [5, 5.41) is 14.1. The molecule has 46 heavy (non-hydrogen) atoms. The minimum atomic E-state index is -2.32. The fourth-order valence-electron chi connectivity index (χ4n) is 5.19. The number of hydrogen-bond acceptors (Lipinski definition) is 9. The minimum absolute atomic E-state index is 0.0239. The molecule has 0 aromatic carbocycles. The molecule has 0 saturated carbocycles. The van der Waals surface area contributed by atoms with Crippen LogP contribution >= 0.6 is 11.3 Å². The predicted molar refractivity (Wildman–Crippen MR) is 190 cm³/mol. The zero-order valence-corrected chi connectivity index (χ0v) is 32.7. The van der Waals surface area contributed by atoms with Crippen molar-refractivity contribution in [2.45, 2.75) is 145 Å². The predicted octanol–water partition coefficient (Wildman–Crippen LogP) is 8.48. The molecule has 0 fully saturated rings. The van der Waals surface area contributed by atoms with Crippen molar-refractivity contribution in [3.05, 3.63) is 33.3 Å². The number of Topliss-reactive ketones (excluding diaryl/α,β-unsaturated/α-hetero) is 1. The molecule has 262 valence electrons. The number of aromatic nitrogens is 1. The van der Waals surface area contributed by atoms with Crippen LogP contribution in [0.2, 0.25) is 18.1 Å². The average molecular weight is 680 g/mol. The van der Waals surface area contributed by atoms with Crippen LogP contribution < -0.4 is 0 Å². The van der Waals surface area contributed by atoms with Crippen LogP contribution in [0.3, 0.4) is 0 Å². The van der Waals surface area contributed by atoms with E-state index in [4.69, 9.17) is 13.9 Å². The molecular weight excluding hydrogens is 619 g/mol. The first-order valence-electron chi connectivity index (χ1n) is 16.4. The van der Waals surface area contributed by atoms with Gasteiger partial charge in [0.15, 0.2) is 8.32 Å². The maximum absolute atomic E-state index is 13.9. The van der Waals surface area contributed by atoms with Crippen molar-refractivity contribution in [1.82, 2.24) is 4.98 Å². The number of hydrogen-bond donors (Lipinski definition) is 1. The molecule has 1 heterocycles. The van der Waals surface area contributed by atoms with Gasteiger partial charge >= 0.3 is 11.9 Å². The Kier molecular flexibility index (Phi) is 16.3. The summed E-state index contributed by atoms with van der Waals surface area (Å²) in [6, 6.07) is 0. The van der Waals surface area contributed by atoms with Crippen molar-refractivity contribution in [3.8, 4) is 0 Å². The molecule has 1 N–H and O–H groups in total. The molecular formula is C36H61NO7SSi. The number of aliphatic hydroxyl groups is 1. The van der Waals surface area contributed by atoms with Crippen LogP contribution in [0.25, 0.3) is 6.08 Å². The molecule has 0 aliphatic rings. The number of ether oxygens (including phenoxy) is 2. The fourth-order valence-corrected chi connectivity index (χ4v) is 7.20. The van der Waals surface area contributed by atoms with E-state index in [0.717, 1.165) is 35.5 Å². The molecule has 0 amide bonds. The van der Waals surface area contributed by atoms with E-state index in [1.165, 1.54) is 19.6 Å². The number of thiazole rings is 1. The van der Waals surface area contributed by atoms with Crippen molar-refractivity contribution in [1.29, 1.82) is 0 Å². The Labute approximate surface area is 283 Å². The zero-order chi connectivity index (χ0) is 35.6. The summed E-state index contributed by atoms with van der Waals surface area (Å²) in [6.45, 7) is 25.3. The maximum atomic E-state index is 13.9. The lowest BCUT2D eigenvalue weighted by molar-refractivity contribution is -0.149. The van der Waals surface area contributed by atoms with Crippen LogP contribution in [-0.2, 0) is 28.3 Å². The highest BCUT2D eigenvalue weighted by Gasteiger charge is 2.48. The Morgan fingerprint density at radius 2 is 1.70 bits per heavy atom. The number of methoxy groups -OCH3 is 1.